The molecule has 0 atom stereocenters. The molecular weight excluding hydrogens is 453 g/mol. The summed E-state index contributed by atoms with van der Waals surface area (Å²) in [4.78, 5) is 39.3. The van der Waals surface area contributed by atoms with Gasteiger partial charge in [-0.15, -0.1) is 0 Å². The summed E-state index contributed by atoms with van der Waals surface area (Å²) in [5.74, 6) is -2.48. The number of nitrogens with zero attached hydrogens (tertiary/aromatic N) is 1. The van der Waals surface area contributed by atoms with Crippen LogP contribution in [-0.4, -0.2) is 38.3 Å². The van der Waals surface area contributed by atoms with Crippen molar-refractivity contribution < 1.29 is 31.9 Å². The van der Waals surface area contributed by atoms with Crippen molar-refractivity contribution in [3.63, 3.8) is 0 Å². The number of nitrogens with one attached hydrogen (secondary N) is 2. The first kappa shape index (κ1) is 23.5. The first-order chi connectivity index (χ1) is 15.7. The highest BCUT2D eigenvalue weighted by Gasteiger charge is 2.19. The molecule has 11 heteroatoms. The van der Waals surface area contributed by atoms with Crippen molar-refractivity contribution in [2.75, 3.05) is 7.11 Å². The molecule has 1 heterocycles. The number of rotatable bonds is 7. The van der Waals surface area contributed by atoms with E-state index in [1.165, 1.54) is 67.8 Å². The Kier molecular flexibility index (Phi) is 7.13. The van der Waals surface area contributed by atoms with Gasteiger partial charge >= 0.3 is 5.97 Å². The van der Waals surface area contributed by atoms with Gasteiger partial charge in [-0.25, -0.2) is 27.3 Å². The highest BCUT2D eigenvalue weighted by Crippen LogP contribution is 2.12. The average Bonchev–Trinajstić information content (AvgIpc) is 2.82. The molecule has 0 saturated heterocycles. The largest absolute Gasteiger partial charge is 0.464 e. The van der Waals surface area contributed by atoms with Gasteiger partial charge in [0.1, 0.15) is 11.5 Å². The van der Waals surface area contributed by atoms with Gasteiger partial charge in [-0.2, -0.15) is 0 Å². The smallest absolute Gasteiger partial charge is 0.356 e. The second kappa shape index (κ2) is 10.0. The molecule has 0 unspecified atom stereocenters. The molecule has 2 amide bonds. The zero-order valence-electron chi connectivity index (χ0n) is 17.2. The SMILES string of the molecule is COC(=O)c1ccc(C(=O)NS(=O)(=O)c2ccc(CNC(=O)c3ccc(F)cc3)cc2)cn1. The number of hydrogen-bond donors (Lipinski definition) is 2. The number of benzene rings is 2. The van der Waals surface area contributed by atoms with E-state index in [0.717, 1.165) is 6.20 Å². The van der Waals surface area contributed by atoms with Gasteiger partial charge in [0.25, 0.3) is 21.8 Å². The molecule has 0 spiro atoms. The van der Waals surface area contributed by atoms with Crippen LogP contribution in [0.1, 0.15) is 36.8 Å². The van der Waals surface area contributed by atoms with E-state index >= 15 is 0 Å². The normalized spacial score (nSPS) is 10.8. The maximum absolute atomic E-state index is 12.9. The van der Waals surface area contributed by atoms with E-state index in [1.807, 2.05) is 4.72 Å². The maximum Gasteiger partial charge on any atom is 0.356 e. The van der Waals surface area contributed by atoms with Crippen LogP contribution in [0.2, 0.25) is 0 Å². The summed E-state index contributed by atoms with van der Waals surface area (Å²) in [7, 11) is -2.99. The lowest BCUT2D eigenvalue weighted by atomic mass is 10.2. The predicted molar refractivity (Wildman–Crippen MR) is 114 cm³/mol. The first-order valence-electron chi connectivity index (χ1n) is 9.44. The third kappa shape index (κ3) is 5.98. The number of amides is 2. The molecule has 0 aliphatic heterocycles. The van der Waals surface area contributed by atoms with Crippen molar-refractivity contribution in [2.45, 2.75) is 11.4 Å². The Morgan fingerprint density at radius 2 is 1.55 bits per heavy atom. The van der Waals surface area contributed by atoms with Gasteiger partial charge < -0.3 is 10.1 Å². The standard InChI is InChI=1S/C22H18FN3O6S/c1-32-22(29)19-11-6-16(13-24-19)21(28)26-33(30,31)18-9-2-14(3-10-18)12-25-20(27)15-4-7-17(23)8-5-15/h2-11,13H,12H2,1H3,(H,25,27)(H,26,28). The number of carbonyl (C=O) groups is 3. The van der Waals surface area contributed by atoms with E-state index in [9.17, 15) is 27.2 Å². The Bertz CT molecular complexity index is 1280. The number of ether oxygens (including phenoxy) is 1. The number of aromatic nitrogens is 1. The zero-order chi connectivity index (χ0) is 24.0. The molecule has 9 nitrogen and oxygen atoms in total. The summed E-state index contributed by atoms with van der Waals surface area (Å²) in [5.41, 5.74) is 0.802. The Morgan fingerprint density at radius 1 is 0.909 bits per heavy atom. The van der Waals surface area contributed by atoms with Gasteiger partial charge in [0.15, 0.2) is 0 Å². The number of methoxy groups -OCH3 is 1. The Balaban J connectivity index is 1.61. The maximum atomic E-state index is 12.9. The van der Waals surface area contributed by atoms with Crippen molar-refractivity contribution >= 4 is 27.8 Å². The Labute approximate surface area is 188 Å². The lowest BCUT2D eigenvalue weighted by Crippen LogP contribution is -2.30. The van der Waals surface area contributed by atoms with E-state index in [4.69, 9.17) is 0 Å². The molecule has 1 aromatic heterocycles. The lowest BCUT2D eigenvalue weighted by Gasteiger charge is -2.09. The molecule has 33 heavy (non-hydrogen) atoms. The van der Waals surface area contributed by atoms with Crippen LogP contribution < -0.4 is 10.0 Å². The van der Waals surface area contributed by atoms with Gasteiger partial charge in [-0.1, -0.05) is 12.1 Å². The third-order valence-corrected chi connectivity index (χ3v) is 5.79. The minimum atomic E-state index is -4.18. The molecule has 0 bridgehead atoms. The van der Waals surface area contributed by atoms with Crippen LogP contribution in [0.4, 0.5) is 4.39 Å². The number of carbonyl (C=O) groups excluding carboxylic acids is 3. The molecule has 0 fully saturated rings. The van der Waals surface area contributed by atoms with Gasteiger partial charge in [-0.05, 0) is 54.1 Å². The summed E-state index contributed by atoms with van der Waals surface area (Å²) in [6, 6.07) is 13.1. The van der Waals surface area contributed by atoms with E-state index in [2.05, 4.69) is 15.0 Å². The summed E-state index contributed by atoms with van der Waals surface area (Å²) < 4.78 is 44.4. The Hall–Kier alpha value is -4.12. The van der Waals surface area contributed by atoms with Crippen molar-refractivity contribution in [3.05, 3.63) is 95.1 Å². The van der Waals surface area contributed by atoms with Crippen molar-refractivity contribution in [2.24, 2.45) is 0 Å². The van der Waals surface area contributed by atoms with Crippen LogP contribution in [0, 0.1) is 5.82 Å². The molecular formula is C22H18FN3O6S. The zero-order valence-corrected chi connectivity index (χ0v) is 18.1. The van der Waals surface area contributed by atoms with Crippen molar-refractivity contribution in [3.8, 4) is 0 Å². The third-order valence-electron chi connectivity index (χ3n) is 4.44. The first-order valence-corrected chi connectivity index (χ1v) is 10.9. The summed E-state index contributed by atoms with van der Waals surface area (Å²) in [5, 5.41) is 2.64. The Morgan fingerprint density at radius 3 is 2.12 bits per heavy atom. The van der Waals surface area contributed by atoms with E-state index in [-0.39, 0.29) is 28.3 Å². The highest BCUT2D eigenvalue weighted by atomic mass is 32.2. The second-order valence-corrected chi connectivity index (χ2v) is 8.37. The van der Waals surface area contributed by atoms with Gasteiger partial charge in [0, 0.05) is 18.3 Å². The summed E-state index contributed by atoms with van der Waals surface area (Å²) in [6.07, 6.45) is 1.06. The van der Waals surface area contributed by atoms with Crippen LogP contribution in [0.3, 0.4) is 0 Å². The summed E-state index contributed by atoms with van der Waals surface area (Å²) in [6.45, 7) is 0.112. The number of halogens is 1. The molecule has 0 saturated carbocycles. The lowest BCUT2D eigenvalue weighted by molar-refractivity contribution is 0.0593. The fraction of sp³-hybridized carbons (Fsp3) is 0.0909. The molecule has 3 aromatic rings. The van der Waals surface area contributed by atoms with Gasteiger partial charge in [0.2, 0.25) is 0 Å². The molecule has 0 aliphatic carbocycles. The molecule has 3 rings (SSSR count). The number of esters is 1. The summed E-state index contributed by atoms with van der Waals surface area (Å²) >= 11 is 0. The van der Waals surface area contributed by atoms with Crippen LogP contribution in [0.15, 0.2) is 71.8 Å². The van der Waals surface area contributed by atoms with Crippen LogP contribution >= 0.6 is 0 Å². The molecule has 0 aliphatic rings. The molecule has 170 valence electrons. The van der Waals surface area contributed by atoms with Gasteiger partial charge in [-0.3, -0.25) is 9.59 Å². The van der Waals surface area contributed by atoms with E-state index < -0.39 is 33.6 Å². The minimum absolute atomic E-state index is 0.0287. The number of pyridine rings is 1. The van der Waals surface area contributed by atoms with Crippen LogP contribution in [0.25, 0.3) is 0 Å². The fourth-order valence-electron chi connectivity index (χ4n) is 2.67. The topological polar surface area (TPSA) is 132 Å². The van der Waals surface area contributed by atoms with Crippen LogP contribution in [0.5, 0.6) is 0 Å². The fourth-order valence-corrected chi connectivity index (χ4v) is 3.64. The molecule has 2 N–H and O–H groups in total. The van der Waals surface area contributed by atoms with Crippen LogP contribution in [-0.2, 0) is 21.3 Å². The minimum Gasteiger partial charge on any atom is -0.464 e. The molecule has 0 radical (unpaired) electrons. The monoisotopic (exact) mass is 471 g/mol. The van der Waals surface area contributed by atoms with Crippen molar-refractivity contribution in [1.82, 2.24) is 15.0 Å². The van der Waals surface area contributed by atoms with Crippen molar-refractivity contribution in [1.29, 1.82) is 0 Å². The number of hydrogen-bond acceptors (Lipinski definition) is 7. The average molecular weight is 471 g/mol. The highest BCUT2D eigenvalue weighted by molar-refractivity contribution is 7.90. The quantitative estimate of drug-likeness (QED) is 0.504. The number of sulfonamides is 1. The molecule has 2 aromatic carbocycles. The van der Waals surface area contributed by atoms with E-state index in [1.54, 1.807) is 0 Å². The predicted octanol–water partition coefficient (Wildman–Crippen LogP) is 2.06. The van der Waals surface area contributed by atoms with E-state index in [0.29, 0.717) is 5.56 Å². The second-order valence-electron chi connectivity index (χ2n) is 6.69. The van der Waals surface area contributed by atoms with Gasteiger partial charge in [0.05, 0.1) is 17.6 Å².